The summed E-state index contributed by atoms with van der Waals surface area (Å²) in [6.07, 6.45) is 3.59. The molecule has 15 nitrogen and oxygen atoms in total. The van der Waals surface area contributed by atoms with Gasteiger partial charge in [-0.3, -0.25) is 18.9 Å². The van der Waals surface area contributed by atoms with Gasteiger partial charge in [-0.05, 0) is 85.5 Å². The zero-order valence-corrected chi connectivity index (χ0v) is 38.6. The normalized spacial score (nSPS) is 13.6. The fraction of sp³-hybridized carbons (Fsp3) is 0.360. The second-order valence-corrected chi connectivity index (χ2v) is 17.6. The van der Waals surface area contributed by atoms with Gasteiger partial charge in [-0.25, -0.2) is 4.79 Å². The number of furan rings is 1. The first-order valence-corrected chi connectivity index (χ1v) is 24.0. The molecule has 1 aliphatic heterocycles. The Balaban J connectivity index is 1.12. The summed E-state index contributed by atoms with van der Waals surface area (Å²) >= 11 is 0. The number of morpholine rings is 1. The molecule has 3 amide bonds. The van der Waals surface area contributed by atoms with Crippen molar-refractivity contribution in [1.29, 1.82) is 0 Å². The summed E-state index contributed by atoms with van der Waals surface area (Å²) in [5, 5.41) is 6.61. The molecule has 1 aliphatic rings. The summed E-state index contributed by atoms with van der Waals surface area (Å²) in [5.74, 6) is -1.89. The summed E-state index contributed by atoms with van der Waals surface area (Å²) < 4.78 is 44.2. The van der Waals surface area contributed by atoms with Crippen LogP contribution in [0.3, 0.4) is 0 Å². The number of benzene rings is 4. The largest absolute Gasteiger partial charge is 0.494 e. The number of amides is 3. The number of nitrogens with one attached hydrogen (secondary N) is 2. The monoisotopic (exact) mass is 922 g/mol. The highest BCUT2D eigenvalue weighted by molar-refractivity contribution is 7.62. The first kappa shape index (κ1) is 49.2. The molecule has 350 valence electrons. The molecule has 16 heteroatoms. The third-order valence-corrected chi connectivity index (χ3v) is 12.9. The van der Waals surface area contributed by atoms with Crippen LogP contribution in [0.4, 0.5) is 5.69 Å². The van der Waals surface area contributed by atoms with Crippen molar-refractivity contribution >= 4 is 42.8 Å². The Kier molecular flexibility index (Phi) is 18.5. The van der Waals surface area contributed by atoms with Crippen LogP contribution in [0.2, 0.25) is 0 Å². The zero-order chi connectivity index (χ0) is 46.7. The number of nitrogens with zero attached hydrogens (tertiary/aromatic N) is 2. The van der Waals surface area contributed by atoms with Gasteiger partial charge in [0.05, 0.1) is 62.5 Å². The standard InChI is InChI=1S/C50H59N4O11P/c1-4-7-10-19-44(45(5-2)54(36-55)65-50(58)39-20-22-41(23-21-39)53-26-28-60-29-27-53)48(56)51-35-52-49(57)47-25-24-46(64-47)40-30-42(61-6-3)32-43(31-40)66(59,62-33-37-15-11-8-12-16-37)63-34-38-17-13-9-14-18-38/h8-9,11-18,20-25,30-32,36,44-45H,4-7,10,19,26-29,33-35H2,1-3H3,(H,51,56)(H,52,57)/t44-,45-/m1/s1. The van der Waals surface area contributed by atoms with Crippen LogP contribution in [-0.2, 0) is 46.0 Å². The third-order valence-electron chi connectivity index (χ3n) is 11.1. The van der Waals surface area contributed by atoms with Crippen LogP contribution in [0.5, 0.6) is 5.75 Å². The lowest BCUT2D eigenvalue weighted by Gasteiger charge is -2.32. The molecule has 0 radical (unpaired) electrons. The van der Waals surface area contributed by atoms with E-state index in [1.54, 1.807) is 36.4 Å². The van der Waals surface area contributed by atoms with E-state index in [2.05, 4.69) is 15.5 Å². The van der Waals surface area contributed by atoms with Crippen LogP contribution >= 0.6 is 7.60 Å². The topological polar surface area (TPSA) is 175 Å². The predicted molar refractivity (Wildman–Crippen MR) is 250 cm³/mol. The van der Waals surface area contributed by atoms with Gasteiger partial charge in [0.25, 0.3) is 5.91 Å². The number of unbranched alkanes of at least 4 members (excludes halogenated alkanes) is 2. The average molecular weight is 923 g/mol. The number of carbonyl (C=O) groups is 4. The Hall–Kier alpha value is -6.25. The summed E-state index contributed by atoms with van der Waals surface area (Å²) in [5.41, 5.74) is 3.28. The van der Waals surface area contributed by atoms with E-state index in [1.165, 1.54) is 6.07 Å². The van der Waals surface area contributed by atoms with E-state index in [-0.39, 0.29) is 42.3 Å². The van der Waals surface area contributed by atoms with Crippen molar-refractivity contribution in [2.45, 2.75) is 72.1 Å². The maximum atomic E-state index is 14.7. The van der Waals surface area contributed by atoms with Crippen molar-refractivity contribution in [3.63, 3.8) is 0 Å². The lowest BCUT2D eigenvalue weighted by Crippen LogP contribution is -2.49. The van der Waals surface area contributed by atoms with Crippen molar-refractivity contribution in [3.05, 3.63) is 138 Å². The molecule has 0 saturated carbocycles. The average Bonchev–Trinajstić information content (AvgIpc) is 3.86. The predicted octanol–water partition coefficient (Wildman–Crippen LogP) is 8.44. The van der Waals surface area contributed by atoms with Crippen molar-refractivity contribution in [1.82, 2.24) is 15.7 Å². The van der Waals surface area contributed by atoms with E-state index in [4.69, 9.17) is 27.8 Å². The molecule has 2 N–H and O–H groups in total. The first-order valence-electron chi connectivity index (χ1n) is 22.4. The van der Waals surface area contributed by atoms with E-state index in [0.29, 0.717) is 56.8 Å². The summed E-state index contributed by atoms with van der Waals surface area (Å²) in [7, 11) is -3.99. The Morgan fingerprint density at radius 2 is 1.48 bits per heavy atom. The fourth-order valence-corrected chi connectivity index (χ4v) is 9.13. The molecule has 5 aromatic rings. The highest BCUT2D eigenvalue weighted by Gasteiger charge is 2.34. The van der Waals surface area contributed by atoms with Crippen molar-refractivity contribution in [2.24, 2.45) is 5.92 Å². The van der Waals surface area contributed by atoms with Gasteiger partial charge in [0, 0.05) is 24.3 Å². The molecule has 2 atom stereocenters. The lowest BCUT2D eigenvalue weighted by atomic mass is 9.90. The second-order valence-electron chi connectivity index (χ2n) is 15.6. The number of hydroxylamine groups is 2. The minimum absolute atomic E-state index is 0.0232. The van der Waals surface area contributed by atoms with Gasteiger partial charge >= 0.3 is 13.6 Å². The lowest BCUT2D eigenvalue weighted by molar-refractivity contribution is -0.171. The molecule has 6 rings (SSSR count). The maximum Gasteiger partial charge on any atom is 0.363 e. The molecule has 0 bridgehead atoms. The van der Waals surface area contributed by atoms with Crippen LogP contribution in [0.1, 0.15) is 84.9 Å². The zero-order valence-electron chi connectivity index (χ0n) is 37.7. The van der Waals surface area contributed by atoms with Gasteiger partial charge in [-0.1, -0.05) is 93.8 Å². The number of anilines is 1. The summed E-state index contributed by atoms with van der Waals surface area (Å²) in [6.45, 7) is 8.53. The molecule has 1 saturated heterocycles. The van der Waals surface area contributed by atoms with Crippen molar-refractivity contribution < 1.29 is 51.5 Å². The number of rotatable bonds is 25. The number of hydrogen-bond acceptors (Lipinski definition) is 12. The van der Waals surface area contributed by atoms with Crippen molar-refractivity contribution in [2.75, 3.05) is 44.5 Å². The molecule has 1 aromatic heterocycles. The van der Waals surface area contributed by atoms with Gasteiger partial charge in [-0.2, -0.15) is 5.06 Å². The molecule has 2 heterocycles. The van der Waals surface area contributed by atoms with E-state index in [9.17, 15) is 23.7 Å². The van der Waals surface area contributed by atoms with E-state index < -0.39 is 37.3 Å². The molecular weight excluding hydrogens is 864 g/mol. The highest BCUT2D eigenvalue weighted by Crippen LogP contribution is 2.50. The van der Waals surface area contributed by atoms with E-state index >= 15 is 0 Å². The molecule has 0 spiro atoms. The molecule has 1 fully saturated rings. The van der Waals surface area contributed by atoms with Crippen LogP contribution in [-0.4, -0.2) is 74.9 Å². The Labute approximate surface area is 386 Å². The van der Waals surface area contributed by atoms with Gasteiger partial charge in [0.1, 0.15) is 11.5 Å². The van der Waals surface area contributed by atoms with Crippen LogP contribution < -0.4 is 25.6 Å². The SMILES string of the molecule is CCCCC[C@@H](C(=O)NCNC(=O)c1ccc(-c2cc(OCC)cc(P(=O)(OCc3ccccc3)OCc3ccccc3)c2)o1)[C@@H](CC)N(C=O)OC(=O)c1ccc(N2CCOCC2)cc1. The fourth-order valence-electron chi connectivity index (χ4n) is 7.53. The number of carbonyl (C=O) groups excluding carboxylic acids is 4. The van der Waals surface area contributed by atoms with Crippen molar-refractivity contribution in [3.8, 4) is 17.1 Å². The van der Waals surface area contributed by atoms with Gasteiger partial charge in [0.15, 0.2) is 5.76 Å². The molecular formula is C50H59N4O11P. The Morgan fingerprint density at radius 3 is 2.09 bits per heavy atom. The van der Waals surface area contributed by atoms with Gasteiger partial charge in [-0.15, -0.1) is 0 Å². The Morgan fingerprint density at radius 1 is 0.818 bits per heavy atom. The molecule has 0 unspecified atom stereocenters. The maximum absolute atomic E-state index is 14.7. The van der Waals surface area contributed by atoms with E-state index in [1.807, 2.05) is 93.6 Å². The van der Waals surface area contributed by atoms with E-state index in [0.717, 1.165) is 47.8 Å². The minimum Gasteiger partial charge on any atom is -0.494 e. The molecule has 4 aromatic carbocycles. The summed E-state index contributed by atoms with van der Waals surface area (Å²) in [6, 6.07) is 32.9. The Bertz CT molecular complexity index is 2330. The number of ether oxygens (including phenoxy) is 2. The van der Waals surface area contributed by atoms with Crippen LogP contribution in [0, 0.1) is 5.92 Å². The highest BCUT2D eigenvalue weighted by atomic mass is 31.2. The quantitative estimate of drug-likeness (QED) is 0.0188. The first-order chi connectivity index (χ1) is 32.1. The van der Waals surface area contributed by atoms with Gasteiger partial charge < -0.3 is 43.3 Å². The van der Waals surface area contributed by atoms with Crippen LogP contribution in [0.25, 0.3) is 11.3 Å². The smallest absolute Gasteiger partial charge is 0.363 e. The molecule has 66 heavy (non-hydrogen) atoms. The second kappa shape index (κ2) is 24.9. The molecule has 0 aliphatic carbocycles. The van der Waals surface area contributed by atoms with Crippen LogP contribution in [0.15, 0.2) is 120 Å². The minimum atomic E-state index is -3.99. The summed E-state index contributed by atoms with van der Waals surface area (Å²) in [4.78, 5) is 60.7. The number of hydrogen-bond donors (Lipinski definition) is 2. The third kappa shape index (κ3) is 13.6. The van der Waals surface area contributed by atoms with Gasteiger partial charge in [0.2, 0.25) is 12.3 Å².